The molecule has 0 saturated carbocycles. The average molecular weight is 319 g/mol. The van der Waals surface area contributed by atoms with Gasteiger partial charge in [0.15, 0.2) is 6.29 Å². The summed E-state index contributed by atoms with van der Waals surface area (Å²) in [5.74, 6) is 0.865. The first-order valence-corrected chi connectivity index (χ1v) is 9.27. The number of benzene rings is 1. The van der Waals surface area contributed by atoms with Crippen LogP contribution in [0.5, 0.6) is 5.75 Å². The van der Waals surface area contributed by atoms with E-state index in [9.17, 15) is 0 Å². The highest BCUT2D eigenvalue weighted by atomic mass is 16.7. The number of allylic oxidation sites excluding steroid dienone is 1. The van der Waals surface area contributed by atoms with Gasteiger partial charge in [-0.3, -0.25) is 0 Å². The first-order valence-electron chi connectivity index (χ1n) is 9.27. The lowest BCUT2D eigenvalue weighted by Gasteiger charge is -2.15. The van der Waals surface area contributed by atoms with E-state index in [4.69, 9.17) is 9.47 Å². The molecule has 23 heavy (non-hydrogen) atoms. The van der Waals surface area contributed by atoms with Crippen molar-refractivity contribution in [3.63, 3.8) is 0 Å². The van der Waals surface area contributed by atoms with Gasteiger partial charge in [0.05, 0.1) is 6.61 Å². The van der Waals surface area contributed by atoms with Crippen LogP contribution in [0, 0.1) is 0 Å². The molecule has 0 aliphatic rings. The maximum atomic E-state index is 5.82. The number of ether oxygens (including phenoxy) is 2. The van der Waals surface area contributed by atoms with E-state index in [1.54, 1.807) is 0 Å². The molecule has 0 N–H and O–H groups in total. The number of rotatable bonds is 13. The van der Waals surface area contributed by atoms with Gasteiger partial charge in [-0.05, 0) is 38.0 Å². The van der Waals surface area contributed by atoms with Crippen LogP contribution >= 0.6 is 0 Å². The molecule has 1 atom stereocenters. The molecule has 2 nitrogen and oxygen atoms in total. The third-order valence-electron chi connectivity index (χ3n) is 3.87. The molecule has 0 fully saturated rings. The van der Waals surface area contributed by atoms with Crippen LogP contribution in [0.3, 0.4) is 0 Å². The zero-order valence-corrected chi connectivity index (χ0v) is 15.2. The smallest absolute Gasteiger partial charge is 0.196 e. The SMILES string of the molecule is CC=Cc1cccc(OC(C)OCCCCCCCCCC)c1. The first-order chi connectivity index (χ1) is 11.3. The van der Waals surface area contributed by atoms with Crippen molar-refractivity contribution in [3.8, 4) is 5.75 Å². The summed E-state index contributed by atoms with van der Waals surface area (Å²) in [4.78, 5) is 0. The fraction of sp³-hybridized carbons (Fsp3) is 0.619. The fourth-order valence-electron chi connectivity index (χ4n) is 2.59. The minimum Gasteiger partial charge on any atom is -0.465 e. The summed E-state index contributed by atoms with van der Waals surface area (Å²) < 4.78 is 11.6. The Hall–Kier alpha value is -1.28. The standard InChI is InChI=1S/C21H34O2/c1-4-6-7-8-9-10-11-12-17-22-19(3)23-21-16-13-15-20(18-21)14-5-2/h5,13-16,18-19H,4,6-12,17H2,1-3H3. The first kappa shape index (κ1) is 19.8. The maximum absolute atomic E-state index is 5.82. The van der Waals surface area contributed by atoms with Gasteiger partial charge in [-0.1, -0.05) is 76.2 Å². The van der Waals surface area contributed by atoms with E-state index in [1.807, 2.05) is 38.1 Å². The lowest BCUT2D eigenvalue weighted by atomic mass is 10.1. The van der Waals surface area contributed by atoms with E-state index in [0.717, 1.165) is 24.3 Å². The summed E-state index contributed by atoms with van der Waals surface area (Å²) in [7, 11) is 0. The molecular weight excluding hydrogens is 284 g/mol. The van der Waals surface area contributed by atoms with E-state index in [1.165, 1.54) is 44.9 Å². The Labute approximate surface area is 142 Å². The molecule has 0 spiro atoms. The summed E-state index contributed by atoms with van der Waals surface area (Å²) in [6.07, 6.45) is 14.5. The van der Waals surface area contributed by atoms with E-state index < -0.39 is 0 Å². The highest BCUT2D eigenvalue weighted by Gasteiger charge is 2.04. The Morgan fingerprint density at radius 3 is 2.39 bits per heavy atom. The van der Waals surface area contributed by atoms with Crippen molar-refractivity contribution >= 4 is 6.08 Å². The predicted molar refractivity (Wildman–Crippen MR) is 99.8 cm³/mol. The van der Waals surface area contributed by atoms with Crippen molar-refractivity contribution in [2.24, 2.45) is 0 Å². The predicted octanol–water partition coefficient (Wildman–Crippen LogP) is 6.60. The molecule has 1 aromatic rings. The minimum absolute atomic E-state index is 0.194. The van der Waals surface area contributed by atoms with Crippen LogP contribution < -0.4 is 4.74 Å². The number of hydrogen-bond donors (Lipinski definition) is 0. The summed E-state index contributed by atoms with van der Waals surface area (Å²) in [6, 6.07) is 8.09. The van der Waals surface area contributed by atoms with Crippen molar-refractivity contribution in [2.75, 3.05) is 6.61 Å². The Bertz CT molecular complexity index is 426. The normalized spacial score (nSPS) is 12.7. The Balaban J connectivity index is 2.08. The van der Waals surface area contributed by atoms with Crippen LogP contribution in [0.4, 0.5) is 0 Å². The van der Waals surface area contributed by atoms with Gasteiger partial charge in [-0.15, -0.1) is 0 Å². The van der Waals surface area contributed by atoms with Gasteiger partial charge in [0.2, 0.25) is 0 Å². The van der Waals surface area contributed by atoms with E-state index >= 15 is 0 Å². The summed E-state index contributed by atoms with van der Waals surface area (Å²) in [5, 5.41) is 0. The lowest BCUT2D eigenvalue weighted by molar-refractivity contribution is -0.0677. The largest absolute Gasteiger partial charge is 0.465 e. The van der Waals surface area contributed by atoms with Gasteiger partial charge < -0.3 is 9.47 Å². The molecule has 1 aromatic carbocycles. The van der Waals surface area contributed by atoms with Crippen LogP contribution in [-0.4, -0.2) is 12.9 Å². The van der Waals surface area contributed by atoms with Gasteiger partial charge in [0.1, 0.15) is 5.75 Å². The van der Waals surface area contributed by atoms with Gasteiger partial charge >= 0.3 is 0 Å². The molecular formula is C21H34O2. The van der Waals surface area contributed by atoms with Crippen LogP contribution in [-0.2, 0) is 4.74 Å². The maximum Gasteiger partial charge on any atom is 0.196 e. The molecule has 0 saturated heterocycles. The molecule has 0 bridgehead atoms. The second-order valence-corrected chi connectivity index (χ2v) is 6.10. The Morgan fingerprint density at radius 1 is 1.00 bits per heavy atom. The van der Waals surface area contributed by atoms with Gasteiger partial charge in [0, 0.05) is 0 Å². The molecule has 0 aliphatic carbocycles. The van der Waals surface area contributed by atoms with Gasteiger partial charge in [-0.25, -0.2) is 0 Å². The van der Waals surface area contributed by atoms with Crippen LogP contribution in [0.1, 0.15) is 77.7 Å². The van der Waals surface area contributed by atoms with Crippen LogP contribution in [0.2, 0.25) is 0 Å². The summed E-state index contributed by atoms with van der Waals surface area (Å²) >= 11 is 0. The average Bonchev–Trinajstić information content (AvgIpc) is 2.54. The van der Waals surface area contributed by atoms with Gasteiger partial charge in [-0.2, -0.15) is 0 Å². The van der Waals surface area contributed by atoms with Crippen molar-refractivity contribution in [3.05, 3.63) is 35.9 Å². The fourth-order valence-corrected chi connectivity index (χ4v) is 2.59. The van der Waals surface area contributed by atoms with Crippen molar-refractivity contribution in [1.29, 1.82) is 0 Å². The van der Waals surface area contributed by atoms with Crippen molar-refractivity contribution < 1.29 is 9.47 Å². The Kier molecular flexibility index (Phi) is 11.3. The van der Waals surface area contributed by atoms with Gasteiger partial charge in [0.25, 0.3) is 0 Å². The van der Waals surface area contributed by atoms with Crippen LogP contribution in [0.15, 0.2) is 30.3 Å². The van der Waals surface area contributed by atoms with E-state index in [0.29, 0.717) is 0 Å². The highest BCUT2D eigenvalue weighted by molar-refractivity contribution is 5.51. The molecule has 1 unspecified atom stereocenters. The second kappa shape index (κ2) is 13.2. The van der Waals surface area contributed by atoms with Crippen molar-refractivity contribution in [2.45, 2.75) is 78.4 Å². The summed E-state index contributed by atoms with van der Waals surface area (Å²) in [6.45, 7) is 7.03. The highest BCUT2D eigenvalue weighted by Crippen LogP contribution is 2.16. The third kappa shape index (κ3) is 10.2. The lowest BCUT2D eigenvalue weighted by Crippen LogP contribution is -2.17. The summed E-state index contributed by atoms with van der Waals surface area (Å²) in [5.41, 5.74) is 1.15. The second-order valence-electron chi connectivity index (χ2n) is 6.10. The molecule has 1 rings (SSSR count). The third-order valence-corrected chi connectivity index (χ3v) is 3.87. The molecule has 0 heterocycles. The molecule has 130 valence electrons. The molecule has 0 aliphatic heterocycles. The molecule has 0 radical (unpaired) electrons. The molecule has 0 aromatic heterocycles. The monoisotopic (exact) mass is 318 g/mol. The quantitative estimate of drug-likeness (QED) is 0.301. The van der Waals surface area contributed by atoms with Crippen molar-refractivity contribution in [1.82, 2.24) is 0 Å². The van der Waals surface area contributed by atoms with Crippen LogP contribution in [0.25, 0.3) is 6.08 Å². The minimum atomic E-state index is -0.194. The van der Waals surface area contributed by atoms with E-state index in [-0.39, 0.29) is 6.29 Å². The zero-order chi connectivity index (χ0) is 16.8. The molecule has 2 heteroatoms. The Morgan fingerprint density at radius 2 is 1.70 bits per heavy atom. The number of hydrogen-bond acceptors (Lipinski definition) is 2. The number of unbranched alkanes of at least 4 members (excludes halogenated alkanes) is 7. The zero-order valence-electron chi connectivity index (χ0n) is 15.2. The molecule has 0 amide bonds. The van der Waals surface area contributed by atoms with E-state index in [2.05, 4.69) is 19.1 Å². The topological polar surface area (TPSA) is 18.5 Å².